The Morgan fingerprint density at radius 3 is 2.68 bits per heavy atom. The summed E-state index contributed by atoms with van der Waals surface area (Å²) in [5.74, 6) is -0.998. The van der Waals surface area contributed by atoms with Gasteiger partial charge in [0.05, 0.1) is 22.4 Å². The summed E-state index contributed by atoms with van der Waals surface area (Å²) in [6, 6.07) is 8.57. The molecule has 2 aromatic heterocycles. The molecule has 0 atom stereocenters. The normalized spacial score (nSPS) is 16.1. The molecule has 0 unspecified atom stereocenters. The number of ether oxygens (including phenoxy) is 1. The highest BCUT2D eigenvalue weighted by Gasteiger charge is 2.32. The zero-order valence-corrected chi connectivity index (χ0v) is 21.1. The summed E-state index contributed by atoms with van der Waals surface area (Å²) < 4.78 is 35.0. The second-order valence-electron chi connectivity index (χ2n) is 7.75. The number of aromatic nitrogens is 1. The molecule has 1 fully saturated rings. The van der Waals surface area contributed by atoms with Gasteiger partial charge >= 0.3 is 5.97 Å². The molecular formula is C23H25N3O5S3. The van der Waals surface area contributed by atoms with E-state index in [0.29, 0.717) is 40.6 Å². The molecule has 34 heavy (non-hydrogen) atoms. The lowest BCUT2D eigenvalue weighted by Crippen LogP contribution is -2.40. The van der Waals surface area contributed by atoms with Gasteiger partial charge in [-0.25, -0.2) is 13.2 Å². The summed E-state index contributed by atoms with van der Waals surface area (Å²) in [5.41, 5.74) is 1.29. The van der Waals surface area contributed by atoms with Crippen LogP contribution in [-0.4, -0.2) is 48.9 Å². The highest BCUT2D eigenvalue weighted by Crippen LogP contribution is 2.27. The van der Waals surface area contributed by atoms with E-state index in [1.165, 1.54) is 27.0 Å². The number of fused-ring (bicyclic) bond motifs is 1. The Morgan fingerprint density at radius 1 is 1.26 bits per heavy atom. The Hall–Kier alpha value is -2.60. The molecule has 1 saturated heterocycles. The van der Waals surface area contributed by atoms with Crippen LogP contribution >= 0.6 is 22.7 Å². The molecule has 1 aliphatic rings. The Morgan fingerprint density at radius 2 is 2.03 bits per heavy atom. The topological polar surface area (TPSA) is 98.0 Å². The number of rotatable bonds is 7. The standard InChI is InChI=1S/C23H25N3O5S3/c1-3-11-26-18-8-7-17(22(28)31-4-2)15-19(18)33-23(26)24-21(27)16-9-12-25(13-10-16)34(29,30)20-6-5-14-32-20/h3,5-8,14-16H,1,4,9-13H2,2H3. The average molecular weight is 520 g/mol. The van der Waals surface area contributed by atoms with Gasteiger partial charge in [0.1, 0.15) is 4.21 Å². The maximum absolute atomic E-state index is 13.0. The molecular weight excluding hydrogens is 494 g/mol. The quantitative estimate of drug-likeness (QED) is 0.351. The molecule has 1 amide bonds. The van der Waals surface area contributed by atoms with E-state index in [4.69, 9.17) is 4.74 Å². The number of thiophene rings is 1. The Labute approximate surface area is 205 Å². The van der Waals surface area contributed by atoms with Crippen molar-refractivity contribution in [2.24, 2.45) is 10.9 Å². The number of hydrogen-bond donors (Lipinski definition) is 0. The summed E-state index contributed by atoms with van der Waals surface area (Å²) in [6.45, 7) is 6.88. The van der Waals surface area contributed by atoms with Crippen LogP contribution in [0.1, 0.15) is 30.1 Å². The number of allylic oxidation sites excluding steroid dienone is 1. The zero-order valence-electron chi connectivity index (χ0n) is 18.7. The number of thiazole rings is 1. The third kappa shape index (κ3) is 4.92. The zero-order chi connectivity index (χ0) is 24.3. The first-order valence-electron chi connectivity index (χ1n) is 10.9. The highest BCUT2D eigenvalue weighted by atomic mass is 32.2. The van der Waals surface area contributed by atoms with Gasteiger partial charge in [0.2, 0.25) is 0 Å². The molecule has 1 aromatic carbocycles. The van der Waals surface area contributed by atoms with Crippen LogP contribution in [0.15, 0.2) is 57.6 Å². The molecule has 0 spiro atoms. The van der Waals surface area contributed by atoms with Crippen molar-refractivity contribution in [2.45, 2.75) is 30.5 Å². The van der Waals surface area contributed by atoms with Gasteiger partial charge in [0.25, 0.3) is 15.9 Å². The minimum Gasteiger partial charge on any atom is -0.462 e. The first-order chi connectivity index (χ1) is 16.3. The van der Waals surface area contributed by atoms with Crippen molar-refractivity contribution in [1.29, 1.82) is 0 Å². The molecule has 0 bridgehead atoms. The predicted octanol–water partition coefficient (Wildman–Crippen LogP) is 3.66. The molecule has 3 heterocycles. The number of esters is 1. The molecule has 0 N–H and O–H groups in total. The molecule has 0 radical (unpaired) electrons. The third-order valence-corrected chi connectivity index (χ3v) is 9.92. The largest absolute Gasteiger partial charge is 0.462 e. The van der Waals surface area contributed by atoms with Crippen LogP contribution in [0.5, 0.6) is 0 Å². The lowest BCUT2D eigenvalue weighted by atomic mass is 9.98. The fourth-order valence-electron chi connectivity index (χ4n) is 3.87. The molecule has 1 aliphatic heterocycles. The second kappa shape index (κ2) is 10.3. The van der Waals surface area contributed by atoms with Crippen molar-refractivity contribution < 1.29 is 22.7 Å². The summed E-state index contributed by atoms with van der Waals surface area (Å²) in [6.07, 6.45) is 2.57. The number of carbonyl (C=O) groups excluding carboxylic acids is 2. The number of hydrogen-bond acceptors (Lipinski definition) is 7. The molecule has 180 valence electrons. The van der Waals surface area contributed by atoms with E-state index >= 15 is 0 Å². The van der Waals surface area contributed by atoms with E-state index in [0.717, 1.165) is 10.2 Å². The predicted molar refractivity (Wildman–Crippen MR) is 132 cm³/mol. The Balaban J connectivity index is 1.56. The van der Waals surface area contributed by atoms with E-state index in [1.54, 1.807) is 42.6 Å². The van der Waals surface area contributed by atoms with Crippen LogP contribution in [0, 0.1) is 5.92 Å². The van der Waals surface area contributed by atoms with E-state index < -0.39 is 16.0 Å². The molecule has 8 nitrogen and oxygen atoms in total. The minimum atomic E-state index is -3.51. The van der Waals surface area contributed by atoms with Gasteiger partial charge in [-0.3, -0.25) is 4.79 Å². The van der Waals surface area contributed by atoms with Crippen LogP contribution in [0.4, 0.5) is 0 Å². The number of sulfonamides is 1. The fraction of sp³-hybridized carbons (Fsp3) is 0.348. The van der Waals surface area contributed by atoms with Crippen molar-refractivity contribution in [3.8, 4) is 0 Å². The van der Waals surface area contributed by atoms with Gasteiger partial charge in [-0.2, -0.15) is 9.30 Å². The van der Waals surface area contributed by atoms with Gasteiger partial charge in [-0.05, 0) is 49.4 Å². The van der Waals surface area contributed by atoms with Gasteiger partial charge in [0, 0.05) is 25.6 Å². The second-order valence-corrected chi connectivity index (χ2v) is 11.9. The van der Waals surface area contributed by atoms with Crippen molar-refractivity contribution in [2.75, 3.05) is 19.7 Å². The SMILES string of the molecule is C=CCn1c(=NC(=O)C2CCN(S(=O)(=O)c3cccs3)CC2)sc2cc(C(=O)OCC)ccc21. The molecule has 4 rings (SSSR count). The number of benzene rings is 1. The summed E-state index contributed by atoms with van der Waals surface area (Å²) in [5, 5.41) is 1.74. The van der Waals surface area contributed by atoms with Crippen molar-refractivity contribution in [3.05, 3.63) is 58.7 Å². The smallest absolute Gasteiger partial charge is 0.338 e. The Bertz CT molecular complexity index is 1380. The molecule has 11 heteroatoms. The van der Waals surface area contributed by atoms with Crippen LogP contribution in [0.3, 0.4) is 0 Å². The fourth-order valence-corrected chi connectivity index (χ4v) is 7.57. The lowest BCUT2D eigenvalue weighted by Gasteiger charge is -2.29. The maximum atomic E-state index is 13.0. The van der Waals surface area contributed by atoms with E-state index in [1.807, 2.05) is 10.6 Å². The van der Waals surface area contributed by atoms with Gasteiger partial charge in [-0.15, -0.1) is 17.9 Å². The lowest BCUT2D eigenvalue weighted by molar-refractivity contribution is -0.122. The first kappa shape index (κ1) is 24.5. The van der Waals surface area contributed by atoms with Crippen molar-refractivity contribution in [3.63, 3.8) is 0 Å². The summed E-state index contributed by atoms with van der Waals surface area (Å²) >= 11 is 2.52. The van der Waals surface area contributed by atoms with Crippen molar-refractivity contribution >= 4 is 54.8 Å². The highest BCUT2D eigenvalue weighted by molar-refractivity contribution is 7.91. The average Bonchev–Trinajstić information content (AvgIpc) is 3.49. The van der Waals surface area contributed by atoms with Crippen LogP contribution in [0.25, 0.3) is 10.2 Å². The summed E-state index contributed by atoms with van der Waals surface area (Å²) in [4.78, 5) is 30.0. The minimum absolute atomic E-state index is 0.261. The van der Waals surface area contributed by atoms with Gasteiger partial charge in [-0.1, -0.05) is 23.5 Å². The van der Waals surface area contributed by atoms with E-state index in [9.17, 15) is 18.0 Å². The van der Waals surface area contributed by atoms with Crippen LogP contribution < -0.4 is 4.80 Å². The maximum Gasteiger partial charge on any atom is 0.338 e. The molecule has 0 aliphatic carbocycles. The third-order valence-electron chi connectivity index (χ3n) is 5.60. The monoisotopic (exact) mass is 519 g/mol. The molecule has 0 saturated carbocycles. The molecule has 3 aromatic rings. The van der Waals surface area contributed by atoms with E-state index in [2.05, 4.69) is 11.6 Å². The summed E-state index contributed by atoms with van der Waals surface area (Å²) in [7, 11) is -3.51. The van der Waals surface area contributed by atoms with Crippen LogP contribution in [-0.2, 0) is 26.1 Å². The number of amides is 1. The van der Waals surface area contributed by atoms with Crippen molar-refractivity contribution in [1.82, 2.24) is 8.87 Å². The number of piperidine rings is 1. The Kier molecular flexibility index (Phi) is 7.46. The van der Waals surface area contributed by atoms with Crippen LogP contribution in [0.2, 0.25) is 0 Å². The first-order valence-corrected chi connectivity index (χ1v) is 14.0. The number of nitrogens with zero attached hydrogens (tertiary/aromatic N) is 3. The van der Waals surface area contributed by atoms with E-state index in [-0.39, 0.29) is 24.9 Å². The van der Waals surface area contributed by atoms with Gasteiger partial charge in [0.15, 0.2) is 4.80 Å². The van der Waals surface area contributed by atoms with Gasteiger partial charge < -0.3 is 9.30 Å². The number of carbonyl (C=O) groups is 2.